The Hall–Kier alpha value is -1.63. The molecule has 0 amide bonds. The highest BCUT2D eigenvalue weighted by Crippen LogP contribution is 2.21. The minimum atomic E-state index is 0.196. The van der Waals surface area contributed by atoms with Crippen molar-refractivity contribution in [3.63, 3.8) is 0 Å². The smallest absolute Gasteiger partial charge is 0.0991 e. The fraction of sp³-hybridized carbons (Fsp3) is 0.235. The monoisotopic (exact) mass is 328 g/mol. The summed E-state index contributed by atoms with van der Waals surface area (Å²) in [7, 11) is 0. The maximum atomic E-state index is 8.95. The van der Waals surface area contributed by atoms with Crippen LogP contribution in [0.4, 0.5) is 0 Å². The van der Waals surface area contributed by atoms with E-state index in [1.807, 2.05) is 24.3 Å². The SMILES string of the molecule is CC(N[C@@H](C)c1ccc(Br)cc1)c1cccc(C#N)c1. The first kappa shape index (κ1) is 14.8. The highest BCUT2D eigenvalue weighted by molar-refractivity contribution is 9.10. The maximum absolute atomic E-state index is 8.95. The number of nitrogens with one attached hydrogen (secondary N) is 1. The molecule has 0 saturated heterocycles. The Labute approximate surface area is 128 Å². The van der Waals surface area contributed by atoms with Gasteiger partial charge in [0.15, 0.2) is 0 Å². The van der Waals surface area contributed by atoms with Gasteiger partial charge in [-0.3, -0.25) is 0 Å². The Morgan fingerprint density at radius 2 is 1.65 bits per heavy atom. The lowest BCUT2D eigenvalue weighted by molar-refractivity contribution is 0.494. The van der Waals surface area contributed by atoms with Crippen molar-refractivity contribution in [3.05, 3.63) is 69.7 Å². The molecule has 3 heteroatoms. The minimum absolute atomic E-state index is 0.196. The van der Waals surface area contributed by atoms with Gasteiger partial charge < -0.3 is 5.32 Å². The van der Waals surface area contributed by atoms with E-state index in [9.17, 15) is 0 Å². The van der Waals surface area contributed by atoms with Gasteiger partial charge >= 0.3 is 0 Å². The van der Waals surface area contributed by atoms with E-state index in [0.717, 1.165) is 10.0 Å². The molecule has 0 bridgehead atoms. The molecule has 102 valence electrons. The first-order valence-electron chi connectivity index (χ1n) is 6.61. The van der Waals surface area contributed by atoms with Crippen molar-refractivity contribution in [2.45, 2.75) is 25.9 Å². The molecule has 2 aromatic rings. The summed E-state index contributed by atoms with van der Waals surface area (Å²) in [6, 6.07) is 18.7. The predicted molar refractivity (Wildman–Crippen MR) is 85.3 cm³/mol. The molecule has 2 nitrogen and oxygen atoms in total. The molecule has 20 heavy (non-hydrogen) atoms. The van der Waals surface area contributed by atoms with Gasteiger partial charge in [-0.25, -0.2) is 0 Å². The molecule has 0 heterocycles. The highest BCUT2D eigenvalue weighted by Gasteiger charge is 2.11. The lowest BCUT2D eigenvalue weighted by atomic mass is 10.0. The van der Waals surface area contributed by atoms with Gasteiger partial charge in [0.1, 0.15) is 0 Å². The third kappa shape index (κ3) is 3.69. The van der Waals surface area contributed by atoms with Gasteiger partial charge in [-0.2, -0.15) is 5.26 Å². The number of benzene rings is 2. The summed E-state index contributed by atoms with van der Waals surface area (Å²) in [5, 5.41) is 12.5. The number of rotatable bonds is 4. The van der Waals surface area contributed by atoms with Crippen LogP contribution in [0.15, 0.2) is 53.0 Å². The Bertz CT molecular complexity index is 614. The first-order valence-corrected chi connectivity index (χ1v) is 7.41. The number of nitriles is 1. The molecular formula is C17H17BrN2. The van der Waals surface area contributed by atoms with Crippen LogP contribution in [-0.2, 0) is 0 Å². The van der Waals surface area contributed by atoms with E-state index in [-0.39, 0.29) is 12.1 Å². The third-order valence-corrected chi connectivity index (χ3v) is 3.91. The zero-order valence-electron chi connectivity index (χ0n) is 11.6. The van der Waals surface area contributed by atoms with E-state index in [4.69, 9.17) is 5.26 Å². The lowest BCUT2D eigenvalue weighted by Crippen LogP contribution is -2.22. The van der Waals surface area contributed by atoms with Gasteiger partial charge in [0.2, 0.25) is 0 Å². The number of hydrogen-bond acceptors (Lipinski definition) is 2. The predicted octanol–water partition coefficient (Wildman–Crippen LogP) is 4.73. The van der Waals surface area contributed by atoms with Gasteiger partial charge in [-0.05, 0) is 49.2 Å². The van der Waals surface area contributed by atoms with Crippen molar-refractivity contribution >= 4 is 15.9 Å². The van der Waals surface area contributed by atoms with E-state index in [1.54, 1.807) is 0 Å². The molecule has 0 saturated carbocycles. The Morgan fingerprint density at radius 3 is 2.30 bits per heavy atom. The molecule has 2 aromatic carbocycles. The van der Waals surface area contributed by atoms with Crippen molar-refractivity contribution < 1.29 is 0 Å². The molecule has 1 unspecified atom stereocenters. The van der Waals surface area contributed by atoms with Gasteiger partial charge in [0.05, 0.1) is 11.6 Å². The second-order valence-electron chi connectivity index (χ2n) is 4.90. The molecule has 0 spiro atoms. The molecule has 0 radical (unpaired) electrons. The van der Waals surface area contributed by atoms with Crippen molar-refractivity contribution in [2.75, 3.05) is 0 Å². The molecule has 1 N–H and O–H groups in total. The Morgan fingerprint density at radius 1 is 1.00 bits per heavy atom. The van der Waals surface area contributed by atoms with E-state index in [1.165, 1.54) is 5.56 Å². The van der Waals surface area contributed by atoms with Crippen LogP contribution >= 0.6 is 15.9 Å². The van der Waals surface area contributed by atoms with Crippen molar-refractivity contribution in [1.82, 2.24) is 5.32 Å². The highest BCUT2D eigenvalue weighted by atomic mass is 79.9. The van der Waals surface area contributed by atoms with Gasteiger partial charge in [0.25, 0.3) is 0 Å². The van der Waals surface area contributed by atoms with Crippen molar-refractivity contribution in [2.24, 2.45) is 0 Å². The standard InChI is InChI=1S/C17H17BrN2/c1-12(15-6-8-17(18)9-7-15)20-13(2)16-5-3-4-14(10-16)11-19/h3-10,12-13,20H,1-2H3/t12-,13?/m0/s1. The summed E-state index contributed by atoms with van der Waals surface area (Å²) >= 11 is 3.45. The molecule has 0 aliphatic rings. The summed E-state index contributed by atoms with van der Waals surface area (Å²) < 4.78 is 1.09. The zero-order chi connectivity index (χ0) is 14.5. The average Bonchev–Trinajstić information content (AvgIpc) is 2.47. The molecule has 0 aliphatic carbocycles. The van der Waals surface area contributed by atoms with Crippen LogP contribution in [0.25, 0.3) is 0 Å². The van der Waals surface area contributed by atoms with E-state index >= 15 is 0 Å². The van der Waals surface area contributed by atoms with Crippen LogP contribution in [0, 0.1) is 11.3 Å². The Balaban J connectivity index is 2.08. The summed E-state index contributed by atoms with van der Waals surface area (Å²) in [6.07, 6.45) is 0. The van der Waals surface area contributed by atoms with Crippen LogP contribution in [0.2, 0.25) is 0 Å². The summed E-state index contributed by atoms with van der Waals surface area (Å²) in [6.45, 7) is 4.26. The number of halogens is 1. The molecule has 0 fully saturated rings. The van der Waals surface area contributed by atoms with Gasteiger partial charge in [-0.15, -0.1) is 0 Å². The summed E-state index contributed by atoms with van der Waals surface area (Å²) in [5.41, 5.74) is 3.08. The minimum Gasteiger partial charge on any atom is -0.304 e. The maximum Gasteiger partial charge on any atom is 0.0991 e. The largest absolute Gasteiger partial charge is 0.304 e. The lowest BCUT2D eigenvalue weighted by Gasteiger charge is -2.21. The van der Waals surface area contributed by atoms with Crippen LogP contribution in [0.5, 0.6) is 0 Å². The van der Waals surface area contributed by atoms with E-state index in [0.29, 0.717) is 5.56 Å². The molecule has 2 rings (SSSR count). The van der Waals surface area contributed by atoms with Crippen LogP contribution < -0.4 is 5.32 Å². The second kappa shape index (κ2) is 6.69. The molecular weight excluding hydrogens is 312 g/mol. The molecule has 0 aliphatic heterocycles. The third-order valence-electron chi connectivity index (χ3n) is 3.39. The quantitative estimate of drug-likeness (QED) is 0.880. The fourth-order valence-electron chi connectivity index (χ4n) is 2.20. The van der Waals surface area contributed by atoms with Crippen molar-refractivity contribution in [1.29, 1.82) is 5.26 Å². The molecule has 2 atom stereocenters. The molecule has 0 aromatic heterocycles. The summed E-state index contributed by atoms with van der Waals surface area (Å²) in [4.78, 5) is 0. The second-order valence-corrected chi connectivity index (χ2v) is 5.81. The average molecular weight is 329 g/mol. The topological polar surface area (TPSA) is 35.8 Å². The van der Waals surface area contributed by atoms with E-state index in [2.05, 4.69) is 65.4 Å². The number of hydrogen-bond donors (Lipinski definition) is 1. The van der Waals surface area contributed by atoms with Crippen LogP contribution in [0.3, 0.4) is 0 Å². The van der Waals surface area contributed by atoms with Crippen LogP contribution in [-0.4, -0.2) is 0 Å². The summed E-state index contributed by atoms with van der Waals surface area (Å²) in [5.74, 6) is 0. The zero-order valence-corrected chi connectivity index (χ0v) is 13.2. The first-order chi connectivity index (χ1) is 9.60. The van der Waals surface area contributed by atoms with Crippen LogP contribution in [0.1, 0.15) is 42.6 Å². The normalized spacial score (nSPS) is 13.5. The van der Waals surface area contributed by atoms with E-state index < -0.39 is 0 Å². The number of nitrogens with zero attached hydrogens (tertiary/aromatic N) is 1. The fourth-order valence-corrected chi connectivity index (χ4v) is 2.46. The van der Waals surface area contributed by atoms with Gasteiger partial charge in [0, 0.05) is 16.6 Å². The Kier molecular flexibility index (Phi) is 4.94. The van der Waals surface area contributed by atoms with Gasteiger partial charge in [-0.1, -0.05) is 40.2 Å². The van der Waals surface area contributed by atoms with Crippen molar-refractivity contribution in [3.8, 4) is 6.07 Å².